The van der Waals surface area contributed by atoms with Gasteiger partial charge in [0.25, 0.3) is 5.91 Å². The van der Waals surface area contributed by atoms with Crippen LogP contribution in [0.4, 0.5) is 4.39 Å². The van der Waals surface area contributed by atoms with Crippen LogP contribution in [0.5, 0.6) is 0 Å². The first-order chi connectivity index (χ1) is 14.1. The van der Waals surface area contributed by atoms with Gasteiger partial charge < -0.3 is 20.6 Å². The lowest BCUT2D eigenvalue weighted by Gasteiger charge is -2.12. The van der Waals surface area contributed by atoms with Crippen molar-refractivity contribution in [1.29, 1.82) is 0 Å². The molecule has 0 aliphatic rings. The van der Waals surface area contributed by atoms with Gasteiger partial charge in [0.15, 0.2) is 5.69 Å². The second-order valence-electron chi connectivity index (χ2n) is 7.18. The van der Waals surface area contributed by atoms with Crippen molar-refractivity contribution in [2.75, 3.05) is 7.05 Å². The van der Waals surface area contributed by atoms with Gasteiger partial charge in [-0.25, -0.2) is 9.07 Å². The molecule has 4 N–H and O–H groups in total. The third-order valence-electron chi connectivity index (χ3n) is 4.45. The molecule has 0 bridgehead atoms. The minimum Gasteiger partial charge on any atom is -0.481 e. The maximum Gasteiger partial charge on any atom is 0.305 e. The fourth-order valence-corrected chi connectivity index (χ4v) is 3.08. The Kier molecular flexibility index (Phi) is 7.85. The summed E-state index contributed by atoms with van der Waals surface area (Å²) in [6, 6.07) is 5.58. The minimum absolute atomic E-state index is 0.0964. The van der Waals surface area contributed by atoms with E-state index < -0.39 is 30.4 Å². The van der Waals surface area contributed by atoms with E-state index in [1.165, 1.54) is 42.1 Å². The third-order valence-corrected chi connectivity index (χ3v) is 4.45. The average molecular weight is 419 g/mol. The molecule has 1 aromatic carbocycles. The molecule has 0 saturated heterocycles. The van der Waals surface area contributed by atoms with Crippen LogP contribution in [-0.2, 0) is 4.79 Å². The van der Waals surface area contributed by atoms with Gasteiger partial charge in [-0.1, -0.05) is 19.9 Å². The molecule has 9 heteroatoms. The molecule has 0 radical (unpaired) electrons. The van der Waals surface area contributed by atoms with Gasteiger partial charge in [-0.3, -0.25) is 9.59 Å². The van der Waals surface area contributed by atoms with Crippen molar-refractivity contribution >= 4 is 18.0 Å². The van der Waals surface area contributed by atoms with Crippen molar-refractivity contribution in [1.82, 2.24) is 15.1 Å². The number of aliphatic carboxylic acids is 1. The van der Waals surface area contributed by atoms with Gasteiger partial charge in [0.05, 0.1) is 30.0 Å². The summed E-state index contributed by atoms with van der Waals surface area (Å²) in [6.45, 7) is 3.78. The van der Waals surface area contributed by atoms with E-state index >= 15 is 0 Å². The third kappa shape index (κ3) is 5.74. The Bertz CT molecular complexity index is 921. The molecule has 1 heterocycles. The molecule has 1 aromatic heterocycles. The Hall–Kier alpha value is -3.04. The van der Waals surface area contributed by atoms with Crippen molar-refractivity contribution in [3.05, 3.63) is 53.1 Å². The zero-order chi connectivity index (χ0) is 22.4. The Morgan fingerprint density at radius 2 is 1.87 bits per heavy atom. The maximum atomic E-state index is 13.4. The number of nitrogens with one attached hydrogen (secondary N) is 1. The van der Waals surface area contributed by atoms with Crippen molar-refractivity contribution in [2.24, 2.45) is 0 Å². The van der Waals surface area contributed by atoms with Crippen LogP contribution in [0.1, 0.15) is 54.4 Å². The summed E-state index contributed by atoms with van der Waals surface area (Å²) < 4.78 is 14.8. The average Bonchev–Trinajstić information content (AvgIpc) is 3.05. The van der Waals surface area contributed by atoms with Gasteiger partial charge in [-0.15, -0.1) is 0 Å². The Balaban J connectivity index is 2.49. The number of aromatic nitrogens is 2. The standard InChI is InChI=1S/C21H26FN3O5/c1-12(2)19-17(9-8-15(26)10-16(27)11-18(28)29)25(24-20(19)21(30)23-3)14-6-4-13(22)5-7-14/h4-9,12,15-16,26-27H,10-11H2,1-3H3,(H,23,30)(H,28,29)/b9-8+/t15-,16+/m0/s1. The first-order valence-corrected chi connectivity index (χ1v) is 9.51. The molecule has 162 valence electrons. The lowest BCUT2D eigenvalue weighted by atomic mass is 9.98. The number of rotatable bonds is 9. The molecule has 0 fully saturated rings. The highest BCUT2D eigenvalue weighted by Gasteiger charge is 2.24. The number of benzene rings is 1. The number of carbonyl (C=O) groups is 2. The van der Waals surface area contributed by atoms with Crippen LogP contribution in [0.3, 0.4) is 0 Å². The molecule has 30 heavy (non-hydrogen) atoms. The molecule has 1 amide bonds. The van der Waals surface area contributed by atoms with Crippen LogP contribution in [-0.4, -0.2) is 56.2 Å². The summed E-state index contributed by atoms with van der Waals surface area (Å²) in [5.74, 6) is -2.06. The number of halogens is 1. The normalized spacial score (nSPS) is 13.6. The van der Waals surface area contributed by atoms with Crippen LogP contribution in [0, 0.1) is 5.82 Å². The number of carboxylic acids is 1. The summed E-state index contributed by atoms with van der Waals surface area (Å²) in [7, 11) is 1.49. The van der Waals surface area contributed by atoms with Crippen LogP contribution >= 0.6 is 0 Å². The molecule has 0 spiro atoms. The van der Waals surface area contributed by atoms with E-state index in [2.05, 4.69) is 10.4 Å². The molecule has 0 saturated carbocycles. The number of hydrogen-bond acceptors (Lipinski definition) is 5. The fourth-order valence-electron chi connectivity index (χ4n) is 3.08. The monoisotopic (exact) mass is 419 g/mol. The zero-order valence-electron chi connectivity index (χ0n) is 17.0. The van der Waals surface area contributed by atoms with E-state index in [0.717, 1.165) is 0 Å². The number of amides is 1. The molecule has 0 unspecified atom stereocenters. The second kappa shape index (κ2) is 10.1. The first kappa shape index (κ1) is 23.2. The van der Waals surface area contributed by atoms with Crippen LogP contribution in [0.15, 0.2) is 30.3 Å². The van der Waals surface area contributed by atoms with E-state index in [1.807, 2.05) is 13.8 Å². The van der Waals surface area contributed by atoms with Crippen molar-refractivity contribution in [3.8, 4) is 5.69 Å². The highest BCUT2D eigenvalue weighted by molar-refractivity contribution is 5.94. The van der Waals surface area contributed by atoms with E-state index in [9.17, 15) is 24.2 Å². The summed E-state index contributed by atoms with van der Waals surface area (Å²) in [5.41, 5.74) is 1.88. The van der Waals surface area contributed by atoms with Gasteiger partial charge in [0, 0.05) is 19.0 Å². The predicted octanol–water partition coefficient (Wildman–Crippen LogP) is 2.09. The van der Waals surface area contributed by atoms with Crippen LogP contribution < -0.4 is 5.32 Å². The van der Waals surface area contributed by atoms with E-state index in [1.54, 1.807) is 6.08 Å². The minimum atomic E-state index is -1.20. The number of carboxylic acid groups (broad SMARTS) is 1. The molecule has 2 atom stereocenters. The fraction of sp³-hybridized carbons (Fsp3) is 0.381. The summed E-state index contributed by atoms with van der Waals surface area (Å²) in [5, 5.41) is 35.6. The van der Waals surface area contributed by atoms with Gasteiger partial charge in [-0.05, 0) is 36.3 Å². The molecule has 2 rings (SSSR count). The van der Waals surface area contributed by atoms with Gasteiger partial charge in [0.1, 0.15) is 5.82 Å². The Labute approximate surface area is 173 Å². The van der Waals surface area contributed by atoms with E-state index in [4.69, 9.17) is 5.11 Å². The van der Waals surface area contributed by atoms with Crippen LogP contribution in [0.2, 0.25) is 0 Å². The Morgan fingerprint density at radius 3 is 2.40 bits per heavy atom. The molecule has 2 aromatic rings. The quantitative estimate of drug-likeness (QED) is 0.493. The largest absolute Gasteiger partial charge is 0.481 e. The lowest BCUT2D eigenvalue weighted by Crippen LogP contribution is -2.20. The maximum absolute atomic E-state index is 13.4. The first-order valence-electron chi connectivity index (χ1n) is 9.51. The highest BCUT2D eigenvalue weighted by Crippen LogP contribution is 2.28. The lowest BCUT2D eigenvalue weighted by molar-refractivity contribution is -0.139. The number of aliphatic hydroxyl groups excluding tert-OH is 2. The summed E-state index contributed by atoms with van der Waals surface area (Å²) in [6.07, 6.45) is 0.0239. The smallest absolute Gasteiger partial charge is 0.305 e. The number of hydrogen-bond donors (Lipinski definition) is 4. The zero-order valence-corrected chi connectivity index (χ0v) is 17.0. The van der Waals surface area contributed by atoms with Crippen molar-refractivity contribution in [2.45, 2.75) is 44.8 Å². The van der Waals surface area contributed by atoms with Crippen molar-refractivity contribution in [3.63, 3.8) is 0 Å². The molecule has 0 aliphatic heterocycles. The Morgan fingerprint density at radius 1 is 1.23 bits per heavy atom. The molecular weight excluding hydrogens is 393 g/mol. The predicted molar refractivity (Wildman–Crippen MR) is 109 cm³/mol. The topological polar surface area (TPSA) is 125 Å². The molecule has 0 aliphatic carbocycles. The summed E-state index contributed by atoms with van der Waals surface area (Å²) >= 11 is 0. The van der Waals surface area contributed by atoms with Crippen molar-refractivity contribution < 1.29 is 29.3 Å². The molecule has 8 nitrogen and oxygen atoms in total. The van der Waals surface area contributed by atoms with Gasteiger partial charge >= 0.3 is 5.97 Å². The number of nitrogens with zero attached hydrogens (tertiary/aromatic N) is 2. The van der Waals surface area contributed by atoms with Crippen LogP contribution in [0.25, 0.3) is 11.8 Å². The highest BCUT2D eigenvalue weighted by atomic mass is 19.1. The SMILES string of the molecule is CNC(=O)c1nn(-c2ccc(F)cc2)c(/C=C/[C@H](O)C[C@@H](O)CC(=O)O)c1C(C)C. The molecular formula is C21H26FN3O5. The number of aliphatic hydroxyl groups is 2. The van der Waals surface area contributed by atoms with Gasteiger partial charge in [0.2, 0.25) is 0 Å². The number of carbonyl (C=O) groups excluding carboxylic acids is 1. The van der Waals surface area contributed by atoms with E-state index in [-0.39, 0.29) is 23.9 Å². The summed E-state index contributed by atoms with van der Waals surface area (Å²) in [4.78, 5) is 23.0. The van der Waals surface area contributed by atoms with Gasteiger partial charge in [-0.2, -0.15) is 5.10 Å². The van der Waals surface area contributed by atoms with E-state index in [0.29, 0.717) is 16.9 Å². The second-order valence-corrected chi connectivity index (χ2v) is 7.18.